The van der Waals surface area contributed by atoms with Crippen LogP contribution in [-0.4, -0.2) is 0 Å². The van der Waals surface area contributed by atoms with Gasteiger partial charge in [0.25, 0.3) is 0 Å². The molecule has 1 radical (unpaired) electrons. The molecule has 0 atom stereocenters. The van der Waals surface area contributed by atoms with Gasteiger partial charge in [0.2, 0.25) is 0 Å². The molecule has 0 N–H and O–H groups in total. The minimum Gasteiger partial charge on any atom is -0.103 e. The molecule has 0 aromatic heterocycles. The van der Waals surface area contributed by atoms with Crippen LogP contribution in [0.15, 0.2) is 24.8 Å². The molecule has 0 aliphatic carbocycles. The van der Waals surface area contributed by atoms with E-state index < -0.39 is 0 Å². The maximum Gasteiger partial charge on any atom is -0.00947 e. The standard InChI is InChI=1S/C12H15/c1-5-6-12-10(3)8-7-9(2)11(12)4/h5,7-8H,1,3,6H2,2,4H3. The quantitative estimate of drug-likeness (QED) is 0.581. The van der Waals surface area contributed by atoms with E-state index in [1.165, 1.54) is 16.7 Å². The second-order valence-electron chi connectivity index (χ2n) is 3.14. The first-order chi connectivity index (χ1) is 5.66. The van der Waals surface area contributed by atoms with E-state index in [4.69, 9.17) is 0 Å². The van der Waals surface area contributed by atoms with Crippen molar-refractivity contribution < 1.29 is 0 Å². The van der Waals surface area contributed by atoms with E-state index >= 15 is 0 Å². The number of rotatable bonds is 2. The second-order valence-corrected chi connectivity index (χ2v) is 3.14. The number of hydrogen-bond acceptors (Lipinski definition) is 0. The molecule has 0 amide bonds. The minimum absolute atomic E-state index is 0.923. The number of hydrogen-bond donors (Lipinski definition) is 0. The fourth-order valence-electron chi connectivity index (χ4n) is 1.36. The summed E-state index contributed by atoms with van der Waals surface area (Å²) in [6, 6.07) is 4.19. The molecule has 0 aliphatic heterocycles. The first kappa shape index (κ1) is 9.05. The smallest absolute Gasteiger partial charge is 0.00947 e. The van der Waals surface area contributed by atoms with Crippen LogP contribution in [0.5, 0.6) is 0 Å². The predicted molar refractivity (Wildman–Crippen MR) is 54.3 cm³/mol. The Kier molecular flexibility index (Phi) is 2.69. The van der Waals surface area contributed by atoms with Gasteiger partial charge < -0.3 is 0 Å². The van der Waals surface area contributed by atoms with Crippen molar-refractivity contribution >= 4 is 0 Å². The number of aryl methyl sites for hydroxylation is 1. The van der Waals surface area contributed by atoms with Crippen molar-refractivity contribution in [1.29, 1.82) is 0 Å². The van der Waals surface area contributed by atoms with Crippen LogP contribution in [0.3, 0.4) is 0 Å². The Bertz CT molecular complexity index is 295. The Balaban J connectivity index is 3.22. The normalized spacial score (nSPS) is 9.92. The summed E-state index contributed by atoms with van der Waals surface area (Å²) in [5.41, 5.74) is 5.13. The first-order valence-electron chi connectivity index (χ1n) is 4.18. The van der Waals surface area contributed by atoms with Gasteiger partial charge in [-0.15, -0.1) is 6.58 Å². The molecule has 0 spiro atoms. The van der Waals surface area contributed by atoms with Crippen LogP contribution in [0.1, 0.15) is 22.3 Å². The largest absolute Gasteiger partial charge is 0.103 e. The first-order valence-corrected chi connectivity index (χ1v) is 4.18. The van der Waals surface area contributed by atoms with E-state index in [1.54, 1.807) is 0 Å². The van der Waals surface area contributed by atoms with Gasteiger partial charge in [-0.1, -0.05) is 18.2 Å². The summed E-state index contributed by atoms with van der Waals surface area (Å²) in [7, 11) is 0. The lowest BCUT2D eigenvalue weighted by atomic mass is 9.96. The third-order valence-electron chi connectivity index (χ3n) is 2.31. The summed E-state index contributed by atoms with van der Waals surface area (Å²) in [5, 5.41) is 0. The molecule has 0 bridgehead atoms. The van der Waals surface area contributed by atoms with Gasteiger partial charge in [-0.3, -0.25) is 0 Å². The average Bonchev–Trinajstić information content (AvgIpc) is 2.06. The van der Waals surface area contributed by atoms with Crippen LogP contribution in [0.2, 0.25) is 0 Å². The highest BCUT2D eigenvalue weighted by molar-refractivity contribution is 5.42. The van der Waals surface area contributed by atoms with Crippen LogP contribution in [0.25, 0.3) is 0 Å². The topological polar surface area (TPSA) is 0 Å². The Morgan fingerprint density at radius 1 is 1.33 bits per heavy atom. The van der Waals surface area contributed by atoms with Crippen molar-refractivity contribution in [3.8, 4) is 0 Å². The molecule has 63 valence electrons. The monoisotopic (exact) mass is 159 g/mol. The molecule has 0 saturated carbocycles. The Labute approximate surface area is 74.9 Å². The van der Waals surface area contributed by atoms with Crippen molar-refractivity contribution in [3.05, 3.63) is 54.0 Å². The number of allylic oxidation sites excluding steroid dienone is 1. The SMILES string of the molecule is [CH2]c1ccc(C)c(C)c1CC=C. The van der Waals surface area contributed by atoms with Gasteiger partial charge >= 0.3 is 0 Å². The molecule has 0 unspecified atom stereocenters. The Hall–Kier alpha value is -1.04. The van der Waals surface area contributed by atoms with Crippen molar-refractivity contribution in [2.75, 3.05) is 0 Å². The molecule has 0 fully saturated rings. The van der Waals surface area contributed by atoms with E-state index in [2.05, 4.69) is 39.5 Å². The Morgan fingerprint density at radius 2 is 2.00 bits per heavy atom. The molecule has 0 heterocycles. The van der Waals surface area contributed by atoms with Crippen molar-refractivity contribution in [2.45, 2.75) is 20.3 Å². The zero-order valence-corrected chi connectivity index (χ0v) is 7.85. The molecule has 0 nitrogen and oxygen atoms in total. The van der Waals surface area contributed by atoms with Crippen molar-refractivity contribution in [2.24, 2.45) is 0 Å². The molecular formula is C12H15. The van der Waals surface area contributed by atoms with Gasteiger partial charge in [-0.05, 0) is 49.4 Å². The summed E-state index contributed by atoms with van der Waals surface area (Å²) in [4.78, 5) is 0. The molecular weight excluding hydrogens is 144 g/mol. The summed E-state index contributed by atoms with van der Waals surface area (Å²) >= 11 is 0. The lowest BCUT2D eigenvalue weighted by Gasteiger charge is -2.09. The lowest BCUT2D eigenvalue weighted by Crippen LogP contribution is -1.94. The number of benzene rings is 1. The second kappa shape index (κ2) is 3.57. The van der Waals surface area contributed by atoms with E-state index in [9.17, 15) is 0 Å². The van der Waals surface area contributed by atoms with Crippen LogP contribution >= 0.6 is 0 Å². The predicted octanol–water partition coefficient (Wildman–Crippen LogP) is 3.21. The third kappa shape index (κ3) is 1.58. The maximum atomic E-state index is 3.99. The maximum absolute atomic E-state index is 3.99. The molecule has 1 aromatic rings. The van der Waals surface area contributed by atoms with Crippen LogP contribution < -0.4 is 0 Å². The van der Waals surface area contributed by atoms with E-state index in [1.807, 2.05) is 6.08 Å². The van der Waals surface area contributed by atoms with Gasteiger partial charge in [0.05, 0.1) is 0 Å². The lowest BCUT2D eigenvalue weighted by molar-refractivity contribution is 1.17. The molecule has 0 aliphatic rings. The van der Waals surface area contributed by atoms with Gasteiger partial charge in [0, 0.05) is 0 Å². The van der Waals surface area contributed by atoms with Crippen molar-refractivity contribution in [1.82, 2.24) is 0 Å². The summed E-state index contributed by atoms with van der Waals surface area (Å²) in [6.07, 6.45) is 2.85. The molecule has 0 heteroatoms. The van der Waals surface area contributed by atoms with E-state index in [0.717, 1.165) is 12.0 Å². The summed E-state index contributed by atoms with van der Waals surface area (Å²) < 4.78 is 0. The molecule has 12 heavy (non-hydrogen) atoms. The van der Waals surface area contributed by atoms with E-state index in [-0.39, 0.29) is 0 Å². The van der Waals surface area contributed by atoms with Gasteiger partial charge in [-0.2, -0.15) is 0 Å². The summed E-state index contributed by atoms with van der Waals surface area (Å²) in [6.45, 7) is 12.0. The average molecular weight is 159 g/mol. The van der Waals surface area contributed by atoms with Gasteiger partial charge in [0.1, 0.15) is 0 Å². The third-order valence-corrected chi connectivity index (χ3v) is 2.31. The zero-order valence-electron chi connectivity index (χ0n) is 7.85. The fourth-order valence-corrected chi connectivity index (χ4v) is 1.36. The van der Waals surface area contributed by atoms with Gasteiger partial charge in [-0.25, -0.2) is 0 Å². The Morgan fingerprint density at radius 3 is 2.58 bits per heavy atom. The highest BCUT2D eigenvalue weighted by atomic mass is 14.1. The van der Waals surface area contributed by atoms with E-state index in [0.29, 0.717) is 0 Å². The zero-order chi connectivity index (χ0) is 9.14. The highest BCUT2D eigenvalue weighted by Crippen LogP contribution is 2.17. The van der Waals surface area contributed by atoms with Crippen LogP contribution in [0, 0.1) is 20.8 Å². The highest BCUT2D eigenvalue weighted by Gasteiger charge is 2.02. The molecule has 1 aromatic carbocycles. The fraction of sp³-hybridized carbons (Fsp3) is 0.250. The van der Waals surface area contributed by atoms with Crippen molar-refractivity contribution in [3.63, 3.8) is 0 Å². The molecule has 0 saturated heterocycles. The minimum atomic E-state index is 0.923. The van der Waals surface area contributed by atoms with Gasteiger partial charge in [0.15, 0.2) is 0 Å². The molecule has 1 rings (SSSR count). The van der Waals surface area contributed by atoms with Crippen LogP contribution in [0.4, 0.5) is 0 Å². The summed E-state index contributed by atoms with van der Waals surface area (Å²) in [5.74, 6) is 0. The van der Waals surface area contributed by atoms with Crippen LogP contribution in [-0.2, 0) is 6.42 Å².